The molecule has 3 heteroatoms. The molecule has 1 aliphatic rings. The predicted molar refractivity (Wildman–Crippen MR) is 64.0 cm³/mol. The highest BCUT2D eigenvalue weighted by Gasteiger charge is 2.17. The molecule has 0 radical (unpaired) electrons. The summed E-state index contributed by atoms with van der Waals surface area (Å²) in [5.41, 5.74) is 5.92. The highest BCUT2D eigenvalue weighted by Crippen LogP contribution is 2.16. The Hall–Kier alpha value is -0.120. The molecule has 1 aliphatic carbocycles. The quantitative estimate of drug-likeness (QED) is 0.634. The van der Waals surface area contributed by atoms with E-state index in [-0.39, 0.29) is 0 Å². The van der Waals surface area contributed by atoms with Gasteiger partial charge < -0.3 is 15.8 Å². The van der Waals surface area contributed by atoms with Gasteiger partial charge in [0.05, 0.1) is 6.61 Å². The third-order valence-corrected chi connectivity index (χ3v) is 3.04. The van der Waals surface area contributed by atoms with E-state index in [4.69, 9.17) is 10.5 Å². The summed E-state index contributed by atoms with van der Waals surface area (Å²) in [6.07, 6.45) is 7.28. The standard InChI is InChI=1S/C12H26N2O/c1-2-3-8-15-9-7-14-12-6-4-5-11(13)10-12/h11-12,14H,2-10,13H2,1H3. The van der Waals surface area contributed by atoms with Crippen molar-refractivity contribution in [1.82, 2.24) is 5.32 Å². The van der Waals surface area contributed by atoms with E-state index in [0.29, 0.717) is 12.1 Å². The van der Waals surface area contributed by atoms with Crippen molar-refractivity contribution in [3.63, 3.8) is 0 Å². The lowest BCUT2D eigenvalue weighted by molar-refractivity contribution is 0.129. The zero-order valence-electron chi connectivity index (χ0n) is 10.0. The van der Waals surface area contributed by atoms with Crippen LogP contribution in [0.4, 0.5) is 0 Å². The van der Waals surface area contributed by atoms with Crippen LogP contribution in [0.25, 0.3) is 0 Å². The zero-order valence-corrected chi connectivity index (χ0v) is 10.0. The molecular weight excluding hydrogens is 188 g/mol. The number of hydrogen-bond donors (Lipinski definition) is 2. The van der Waals surface area contributed by atoms with Crippen molar-refractivity contribution >= 4 is 0 Å². The first-order chi connectivity index (χ1) is 7.33. The lowest BCUT2D eigenvalue weighted by Crippen LogP contribution is -2.40. The Morgan fingerprint density at radius 3 is 2.93 bits per heavy atom. The van der Waals surface area contributed by atoms with Crippen LogP contribution in [0.3, 0.4) is 0 Å². The van der Waals surface area contributed by atoms with Gasteiger partial charge in [-0.3, -0.25) is 0 Å². The first-order valence-corrected chi connectivity index (χ1v) is 6.39. The number of ether oxygens (including phenoxy) is 1. The van der Waals surface area contributed by atoms with Crippen LogP contribution in [0.5, 0.6) is 0 Å². The molecule has 15 heavy (non-hydrogen) atoms. The van der Waals surface area contributed by atoms with Gasteiger partial charge in [0.25, 0.3) is 0 Å². The summed E-state index contributed by atoms with van der Waals surface area (Å²) in [6.45, 7) is 4.90. The van der Waals surface area contributed by atoms with Gasteiger partial charge in [-0.1, -0.05) is 19.8 Å². The minimum atomic E-state index is 0.414. The maximum absolute atomic E-state index is 5.92. The molecular formula is C12H26N2O. The normalized spacial score (nSPS) is 26.8. The van der Waals surface area contributed by atoms with Crippen LogP contribution in [0.15, 0.2) is 0 Å². The third-order valence-electron chi connectivity index (χ3n) is 3.04. The molecule has 0 aliphatic heterocycles. The van der Waals surface area contributed by atoms with Crippen molar-refractivity contribution in [3.8, 4) is 0 Å². The van der Waals surface area contributed by atoms with E-state index in [0.717, 1.165) is 26.2 Å². The minimum absolute atomic E-state index is 0.414. The molecule has 1 saturated carbocycles. The Bertz CT molecular complexity index is 153. The van der Waals surface area contributed by atoms with E-state index in [2.05, 4.69) is 12.2 Å². The highest BCUT2D eigenvalue weighted by molar-refractivity contribution is 4.79. The second-order valence-electron chi connectivity index (χ2n) is 4.54. The molecule has 0 bridgehead atoms. The smallest absolute Gasteiger partial charge is 0.0591 e. The maximum atomic E-state index is 5.92. The first kappa shape index (κ1) is 12.9. The second kappa shape index (κ2) is 8.08. The van der Waals surface area contributed by atoms with E-state index in [1.54, 1.807) is 0 Å². The van der Waals surface area contributed by atoms with E-state index in [9.17, 15) is 0 Å². The van der Waals surface area contributed by atoms with Crippen LogP contribution >= 0.6 is 0 Å². The predicted octanol–water partition coefficient (Wildman–Crippen LogP) is 1.66. The summed E-state index contributed by atoms with van der Waals surface area (Å²) in [7, 11) is 0. The Morgan fingerprint density at radius 2 is 2.20 bits per heavy atom. The Kier molecular flexibility index (Phi) is 6.98. The molecule has 0 spiro atoms. The van der Waals surface area contributed by atoms with Gasteiger partial charge in [0.15, 0.2) is 0 Å². The van der Waals surface area contributed by atoms with E-state index in [1.165, 1.54) is 32.1 Å². The van der Waals surface area contributed by atoms with Gasteiger partial charge >= 0.3 is 0 Å². The fraction of sp³-hybridized carbons (Fsp3) is 1.00. The van der Waals surface area contributed by atoms with Gasteiger partial charge in [-0.15, -0.1) is 0 Å². The van der Waals surface area contributed by atoms with E-state index >= 15 is 0 Å². The van der Waals surface area contributed by atoms with Crippen LogP contribution in [0.1, 0.15) is 45.4 Å². The van der Waals surface area contributed by atoms with Crippen molar-refractivity contribution < 1.29 is 4.74 Å². The molecule has 1 fully saturated rings. The molecule has 0 aromatic rings. The number of rotatable bonds is 7. The van der Waals surface area contributed by atoms with Crippen LogP contribution in [-0.2, 0) is 4.74 Å². The number of nitrogens with two attached hydrogens (primary N) is 1. The molecule has 1 rings (SSSR count). The molecule has 0 aromatic heterocycles. The fourth-order valence-electron chi connectivity index (χ4n) is 2.10. The van der Waals surface area contributed by atoms with Gasteiger partial charge in [0.2, 0.25) is 0 Å². The monoisotopic (exact) mass is 214 g/mol. The zero-order chi connectivity index (χ0) is 10.9. The Labute approximate surface area is 93.8 Å². The largest absolute Gasteiger partial charge is 0.380 e. The van der Waals surface area contributed by atoms with Gasteiger partial charge in [-0.25, -0.2) is 0 Å². The molecule has 0 saturated heterocycles. The second-order valence-corrected chi connectivity index (χ2v) is 4.54. The molecule has 3 nitrogen and oxygen atoms in total. The van der Waals surface area contributed by atoms with Crippen molar-refractivity contribution in [3.05, 3.63) is 0 Å². The molecule has 3 N–H and O–H groups in total. The van der Waals surface area contributed by atoms with Crippen molar-refractivity contribution in [2.45, 2.75) is 57.5 Å². The minimum Gasteiger partial charge on any atom is -0.380 e. The maximum Gasteiger partial charge on any atom is 0.0591 e. The highest BCUT2D eigenvalue weighted by atomic mass is 16.5. The lowest BCUT2D eigenvalue weighted by atomic mass is 9.92. The number of nitrogens with one attached hydrogen (secondary N) is 1. The SMILES string of the molecule is CCCCOCCNC1CCCC(N)C1. The summed E-state index contributed by atoms with van der Waals surface area (Å²) in [6, 6.07) is 1.04. The lowest BCUT2D eigenvalue weighted by Gasteiger charge is -2.27. The van der Waals surface area contributed by atoms with Crippen LogP contribution in [-0.4, -0.2) is 31.8 Å². The van der Waals surface area contributed by atoms with Crippen molar-refractivity contribution in [1.29, 1.82) is 0 Å². The molecule has 2 unspecified atom stereocenters. The summed E-state index contributed by atoms with van der Waals surface area (Å²) < 4.78 is 5.50. The molecule has 0 amide bonds. The Balaban J connectivity index is 1.90. The van der Waals surface area contributed by atoms with E-state index < -0.39 is 0 Å². The summed E-state index contributed by atoms with van der Waals surface area (Å²) in [4.78, 5) is 0. The van der Waals surface area contributed by atoms with Gasteiger partial charge in [0, 0.05) is 25.2 Å². The van der Waals surface area contributed by atoms with Crippen LogP contribution < -0.4 is 11.1 Å². The summed E-state index contributed by atoms with van der Waals surface area (Å²) in [5.74, 6) is 0. The molecule has 2 atom stereocenters. The third kappa shape index (κ3) is 6.13. The summed E-state index contributed by atoms with van der Waals surface area (Å²) in [5, 5.41) is 3.52. The average molecular weight is 214 g/mol. The van der Waals surface area contributed by atoms with E-state index in [1.807, 2.05) is 0 Å². The molecule has 90 valence electrons. The Morgan fingerprint density at radius 1 is 1.33 bits per heavy atom. The number of unbranched alkanes of at least 4 members (excludes halogenated alkanes) is 1. The topological polar surface area (TPSA) is 47.3 Å². The average Bonchev–Trinajstić information content (AvgIpc) is 2.23. The molecule has 0 heterocycles. The van der Waals surface area contributed by atoms with Crippen LogP contribution in [0, 0.1) is 0 Å². The molecule has 0 aromatic carbocycles. The first-order valence-electron chi connectivity index (χ1n) is 6.39. The number of hydrogen-bond acceptors (Lipinski definition) is 3. The van der Waals surface area contributed by atoms with Gasteiger partial charge in [0.1, 0.15) is 0 Å². The van der Waals surface area contributed by atoms with Gasteiger partial charge in [-0.05, 0) is 25.7 Å². The van der Waals surface area contributed by atoms with Crippen molar-refractivity contribution in [2.75, 3.05) is 19.8 Å². The summed E-state index contributed by atoms with van der Waals surface area (Å²) >= 11 is 0. The van der Waals surface area contributed by atoms with Crippen molar-refractivity contribution in [2.24, 2.45) is 5.73 Å². The van der Waals surface area contributed by atoms with Crippen LogP contribution in [0.2, 0.25) is 0 Å². The van der Waals surface area contributed by atoms with Gasteiger partial charge in [-0.2, -0.15) is 0 Å². The fourth-order valence-corrected chi connectivity index (χ4v) is 2.10.